The van der Waals surface area contributed by atoms with E-state index in [-0.39, 0.29) is 6.10 Å². The first kappa shape index (κ1) is 10.9. The van der Waals surface area contributed by atoms with E-state index in [0.717, 1.165) is 45.1 Å². The summed E-state index contributed by atoms with van der Waals surface area (Å²) in [7, 11) is 0. The summed E-state index contributed by atoms with van der Waals surface area (Å²) in [6.45, 7) is 5.69. The molecule has 2 heterocycles. The van der Waals surface area contributed by atoms with Crippen LogP contribution in [0.25, 0.3) is 0 Å². The monoisotopic (exact) mass is 234 g/mol. The molecule has 2 aliphatic heterocycles. The molecule has 0 aromatic heterocycles. The fourth-order valence-electron chi connectivity index (χ4n) is 2.15. The summed E-state index contributed by atoms with van der Waals surface area (Å²) >= 11 is 0. The van der Waals surface area contributed by atoms with E-state index in [1.54, 1.807) is 0 Å². The summed E-state index contributed by atoms with van der Waals surface area (Å²) in [4.78, 5) is 2.39. The number of piperazine rings is 1. The molecule has 17 heavy (non-hydrogen) atoms. The molecule has 2 fully saturated rings. The molecule has 2 saturated heterocycles. The van der Waals surface area contributed by atoms with Gasteiger partial charge in [0.15, 0.2) is 0 Å². The molecular formula is C13H18N2O2. The van der Waals surface area contributed by atoms with Crippen molar-refractivity contribution in [1.82, 2.24) is 5.32 Å². The Balaban J connectivity index is 1.68. The van der Waals surface area contributed by atoms with Crippen LogP contribution in [0.5, 0.6) is 5.75 Å². The van der Waals surface area contributed by atoms with Gasteiger partial charge in [-0.15, -0.1) is 0 Å². The van der Waals surface area contributed by atoms with Gasteiger partial charge in [0.05, 0.1) is 13.2 Å². The maximum Gasteiger partial charge on any atom is 0.145 e. The van der Waals surface area contributed by atoms with Crippen LogP contribution in [-0.4, -0.2) is 45.5 Å². The van der Waals surface area contributed by atoms with Gasteiger partial charge >= 0.3 is 0 Å². The molecule has 3 rings (SSSR count). The summed E-state index contributed by atoms with van der Waals surface area (Å²) in [5.41, 5.74) is 1.25. The van der Waals surface area contributed by atoms with E-state index < -0.39 is 0 Å². The van der Waals surface area contributed by atoms with Crippen LogP contribution >= 0.6 is 0 Å². The van der Waals surface area contributed by atoms with E-state index in [4.69, 9.17) is 9.47 Å². The summed E-state index contributed by atoms with van der Waals surface area (Å²) in [6, 6.07) is 8.36. The van der Waals surface area contributed by atoms with Gasteiger partial charge in [-0.2, -0.15) is 0 Å². The van der Waals surface area contributed by atoms with Crippen molar-refractivity contribution >= 4 is 5.69 Å². The first-order valence-electron chi connectivity index (χ1n) is 6.22. The molecule has 0 amide bonds. The van der Waals surface area contributed by atoms with E-state index in [1.165, 1.54) is 5.69 Å². The minimum Gasteiger partial charge on any atom is -0.486 e. The molecule has 4 heteroatoms. The summed E-state index contributed by atoms with van der Waals surface area (Å²) in [5.74, 6) is 0.953. The largest absolute Gasteiger partial charge is 0.486 e. The van der Waals surface area contributed by atoms with Gasteiger partial charge in [-0.25, -0.2) is 0 Å². The van der Waals surface area contributed by atoms with Gasteiger partial charge in [-0.1, -0.05) is 6.07 Å². The van der Waals surface area contributed by atoms with Gasteiger partial charge < -0.3 is 19.7 Å². The highest BCUT2D eigenvalue weighted by Crippen LogP contribution is 2.23. The lowest BCUT2D eigenvalue weighted by atomic mass is 10.2. The third-order valence-electron chi connectivity index (χ3n) is 3.21. The molecular weight excluding hydrogens is 216 g/mol. The van der Waals surface area contributed by atoms with Crippen molar-refractivity contribution < 1.29 is 9.47 Å². The first-order valence-corrected chi connectivity index (χ1v) is 6.22. The van der Waals surface area contributed by atoms with Crippen LogP contribution in [0.2, 0.25) is 0 Å². The minimum atomic E-state index is 0.244. The van der Waals surface area contributed by atoms with Crippen LogP contribution in [0.4, 0.5) is 5.69 Å². The predicted octanol–water partition coefficient (Wildman–Crippen LogP) is 0.874. The Morgan fingerprint density at radius 2 is 2.06 bits per heavy atom. The average molecular weight is 234 g/mol. The van der Waals surface area contributed by atoms with Crippen molar-refractivity contribution in [2.45, 2.75) is 6.10 Å². The van der Waals surface area contributed by atoms with E-state index >= 15 is 0 Å². The zero-order valence-electron chi connectivity index (χ0n) is 9.89. The van der Waals surface area contributed by atoms with Crippen molar-refractivity contribution in [2.24, 2.45) is 0 Å². The molecule has 2 aliphatic rings. The molecule has 92 valence electrons. The Morgan fingerprint density at radius 3 is 2.76 bits per heavy atom. The highest BCUT2D eigenvalue weighted by molar-refractivity contribution is 5.51. The van der Waals surface area contributed by atoms with Crippen molar-refractivity contribution in [2.75, 3.05) is 44.3 Å². The van der Waals surface area contributed by atoms with Crippen LogP contribution in [0.3, 0.4) is 0 Å². The fraction of sp³-hybridized carbons (Fsp3) is 0.538. The predicted molar refractivity (Wildman–Crippen MR) is 66.8 cm³/mol. The van der Waals surface area contributed by atoms with Crippen LogP contribution in [0.1, 0.15) is 0 Å². The van der Waals surface area contributed by atoms with Crippen LogP contribution in [0, 0.1) is 0 Å². The highest BCUT2D eigenvalue weighted by atomic mass is 16.6. The van der Waals surface area contributed by atoms with Gasteiger partial charge in [0.1, 0.15) is 11.9 Å². The minimum absolute atomic E-state index is 0.244. The average Bonchev–Trinajstić information content (AvgIpc) is 2.35. The number of hydrogen-bond acceptors (Lipinski definition) is 4. The normalized spacial score (nSPS) is 21.1. The van der Waals surface area contributed by atoms with Gasteiger partial charge in [-0.05, 0) is 12.1 Å². The molecule has 0 atom stereocenters. The second kappa shape index (κ2) is 4.94. The summed E-state index contributed by atoms with van der Waals surface area (Å²) in [6.07, 6.45) is 0.244. The van der Waals surface area contributed by atoms with Crippen molar-refractivity contribution in [3.63, 3.8) is 0 Å². The molecule has 0 bridgehead atoms. The lowest BCUT2D eigenvalue weighted by Gasteiger charge is -2.30. The molecule has 4 nitrogen and oxygen atoms in total. The van der Waals surface area contributed by atoms with E-state index in [1.807, 2.05) is 6.07 Å². The van der Waals surface area contributed by atoms with Crippen LogP contribution in [0.15, 0.2) is 24.3 Å². The number of ether oxygens (including phenoxy) is 2. The quantitative estimate of drug-likeness (QED) is 0.841. The Kier molecular flexibility index (Phi) is 3.16. The topological polar surface area (TPSA) is 33.7 Å². The first-order chi connectivity index (χ1) is 8.42. The SMILES string of the molecule is c1cc(OC2COC2)cc(N2CCNCC2)c1. The molecule has 0 spiro atoms. The smallest absolute Gasteiger partial charge is 0.145 e. The highest BCUT2D eigenvalue weighted by Gasteiger charge is 2.20. The molecule has 0 unspecified atom stereocenters. The zero-order chi connectivity index (χ0) is 11.5. The molecule has 0 aliphatic carbocycles. The second-order valence-corrected chi connectivity index (χ2v) is 4.51. The third kappa shape index (κ3) is 2.53. The molecule has 0 saturated carbocycles. The van der Waals surface area contributed by atoms with E-state index in [9.17, 15) is 0 Å². The van der Waals surface area contributed by atoms with E-state index in [2.05, 4.69) is 28.4 Å². The number of nitrogens with one attached hydrogen (secondary N) is 1. The second-order valence-electron chi connectivity index (χ2n) is 4.51. The molecule has 1 N–H and O–H groups in total. The Bertz CT molecular complexity index is 373. The summed E-state index contributed by atoms with van der Waals surface area (Å²) < 4.78 is 10.9. The lowest BCUT2D eigenvalue weighted by molar-refractivity contribution is -0.0796. The van der Waals surface area contributed by atoms with Crippen molar-refractivity contribution in [1.29, 1.82) is 0 Å². The van der Waals surface area contributed by atoms with Gasteiger partial charge in [0, 0.05) is 37.9 Å². The molecule has 1 aromatic carbocycles. The standard InChI is InChI=1S/C13H18N2O2/c1-2-11(15-6-4-14-5-7-15)8-12(3-1)17-13-9-16-10-13/h1-3,8,13-14H,4-7,9-10H2. The van der Waals surface area contributed by atoms with Crippen molar-refractivity contribution in [3.8, 4) is 5.75 Å². The molecule has 1 aromatic rings. The fourth-order valence-corrected chi connectivity index (χ4v) is 2.15. The van der Waals surface area contributed by atoms with Crippen LogP contribution < -0.4 is 15.0 Å². The van der Waals surface area contributed by atoms with E-state index in [0.29, 0.717) is 0 Å². The van der Waals surface area contributed by atoms with Gasteiger partial charge in [-0.3, -0.25) is 0 Å². The Morgan fingerprint density at radius 1 is 1.24 bits per heavy atom. The number of anilines is 1. The number of rotatable bonds is 3. The number of hydrogen-bond donors (Lipinski definition) is 1. The zero-order valence-corrected chi connectivity index (χ0v) is 9.89. The maximum atomic E-state index is 5.81. The number of nitrogens with zero attached hydrogens (tertiary/aromatic N) is 1. The Labute approximate surface area is 102 Å². The lowest BCUT2D eigenvalue weighted by Crippen LogP contribution is -2.43. The van der Waals surface area contributed by atoms with Gasteiger partial charge in [0.2, 0.25) is 0 Å². The Hall–Kier alpha value is -1.26. The van der Waals surface area contributed by atoms with Crippen molar-refractivity contribution in [3.05, 3.63) is 24.3 Å². The number of benzene rings is 1. The van der Waals surface area contributed by atoms with Crippen LogP contribution in [-0.2, 0) is 4.74 Å². The molecule has 0 radical (unpaired) electrons. The maximum absolute atomic E-state index is 5.81. The van der Waals surface area contributed by atoms with Gasteiger partial charge in [0.25, 0.3) is 0 Å². The summed E-state index contributed by atoms with van der Waals surface area (Å²) in [5, 5.41) is 3.36. The third-order valence-corrected chi connectivity index (χ3v) is 3.21.